The molecular formula is C20H16F2N4O4S. The third-order valence-electron chi connectivity index (χ3n) is 4.17. The molecule has 0 fully saturated rings. The second kappa shape index (κ2) is 8.64. The van der Waals surface area contributed by atoms with E-state index in [0.29, 0.717) is 21.8 Å². The highest BCUT2D eigenvalue weighted by atomic mass is 32.1. The van der Waals surface area contributed by atoms with E-state index in [0.717, 1.165) is 21.3 Å². The molecule has 11 heteroatoms. The van der Waals surface area contributed by atoms with E-state index >= 15 is 0 Å². The van der Waals surface area contributed by atoms with Crippen LogP contribution in [0.15, 0.2) is 36.5 Å². The SMILES string of the molecule is Cc1cc(-c2nc3ccc(OCCOC(N)=O)cc3s2)c2ncc(OC(F)F)nc2c1. The molecule has 1 amide bonds. The van der Waals surface area contributed by atoms with Gasteiger partial charge in [0.2, 0.25) is 5.88 Å². The van der Waals surface area contributed by atoms with E-state index in [4.69, 9.17) is 10.5 Å². The molecule has 2 aromatic carbocycles. The lowest BCUT2D eigenvalue weighted by Crippen LogP contribution is -2.17. The first-order valence-corrected chi connectivity index (χ1v) is 9.89. The fourth-order valence-electron chi connectivity index (χ4n) is 2.97. The number of aromatic nitrogens is 3. The van der Waals surface area contributed by atoms with Crippen LogP contribution in [-0.4, -0.2) is 40.9 Å². The van der Waals surface area contributed by atoms with Crippen molar-refractivity contribution >= 4 is 38.7 Å². The van der Waals surface area contributed by atoms with Crippen molar-refractivity contribution < 1.29 is 27.8 Å². The Morgan fingerprint density at radius 1 is 1.16 bits per heavy atom. The standard InChI is InChI=1S/C20H16F2N4O4S/c1-10-6-12(17-14(7-10)25-16(9-24-17)30-19(21)22)18-26-13-3-2-11(8-15(13)31-18)28-4-5-29-20(23)27/h2-3,6-9,19H,4-5H2,1H3,(H2,23,27). The predicted molar refractivity (Wildman–Crippen MR) is 111 cm³/mol. The third-order valence-corrected chi connectivity index (χ3v) is 5.22. The van der Waals surface area contributed by atoms with Gasteiger partial charge in [-0.15, -0.1) is 11.3 Å². The summed E-state index contributed by atoms with van der Waals surface area (Å²) in [5, 5.41) is 0.703. The zero-order chi connectivity index (χ0) is 22.0. The number of amides is 1. The van der Waals surface area contributed by atoms with E-state index in [1.54, 1.807) is 12.1 Å². The minimum atomic E-state index is -2.97. The van der Waals surface area contributed by atoms with Crippen LogP contribution >= 0.6 is 11.3 Å². The van der Waals surface area contributed by atoms with E-state index in [1.807, 2.05) is 25.1 Å². The van der Waals surface area contributed by atoms with Crippen LogP contribution in [0.4, 0.5) is 13.6 Å². The van der Waals surface area contributed by atoms with E-state index in [2.05, 4.69) is 24.4 Å². The van der Waals surface area contributed by atoms with Crippen molar-refractivity contribution in [1.82, 2.24) is 15.0 Å². The van der Waals surface area contributed by atoms with Gasteiger partial charge < -0.3 is 19.9 Å². The number of aryl methyl sites for hydroxylation is 1. The summed E-state index contributed by atoms with van der Waals surface area (Å²) >= 11 is 1.43. The quantitative estimate of drug-likeness (QED) is 0.422. The highest BCUT2D eigenvalue weighted by Crippen LogP contribution is 2.36. The molecule has 0 saturated carbocycles. The molecule has 2 aromatic heterocycles. The molecule has 8 nitrogen and oxygen atoms in total. The van der Waals surface area contributed by atoms with Crippen molar-refractivity contribution in [3.63, 3.8) is 0 Å². The molecule has 0 aliphatic carbocycles. The van der Waals surface area contributed by atoms with Gasteiger partial charge in [-0.2, -0.15) is 8.78 Å². The van der Waals surface area contributed by atoms with Gasteiger partial charge >= 0.3 is 12.7 Å². The molecule has 0 spiro atoms. The lowest BCUT2D eigenvalue weighted by atomic mass is 10.1. The fourth-order valence-corrected chi connectivity index (χ4v) is 3.98. The van der Waals surface area contributed by atoms with Crippen LogP contribution < -0.4 is 15.2 Å². The molecule has 0 bridgehead atoms. The van der Waals surface area contributed by atoms with Gasteiger partial charge in [-0.1, -0.05) is 0 Å². The molecular weight excluding hydrogens is 430 g/mol. The first-order valence-electron chi connectivity index (χ1n) is 9.07. The first kappa shape index (κ1) is 20.7. The van der Waals surface area contributed by atoms with Crippen LogP contribution in [0.3, 0.4) is 0 Å². The maximum Gasteiger partial charge on any atom is 0.404 e. The second-order valence-corrected chi connectivity index (χ2v) is 7.46. The minimum absolute atomic E-state index is 0.0481. The maximum absolute atomic E-state index is 12.5. The van der Waals surface area contributed by atoms with E-state index < -0.39 is 12.7 Å². The molecule has 0 atom stereocenters. The number of carbonyl (C=O) groups is 1. The number of thiazole rings is 1. The zero-order valence-electron chi connectivity index (χ0n) is 16.2. The summed E-state index contributed by atoms with van der Waals surface area (Å²) in [4.78, 5) is 23.7. The Hall–Kier alpha value is -3.60. The number of nitrogens with two attached hydrogens (primary N) is 1. The molecule has 4 aromatic rings. The molecule has 2 N–H and O–H groups in total. The van der Waals surface area contributed by atoms with Crippen LogP contribution in [0.2, 0.25) is 0 Å². The summed E-state index contributed by atoms with van der Waals surface area (Å²) in [6, 6.07) is 9.08. The minimum Gasteiger partial charge on any atom is -0.490 e. The van der Waals surface area contributed by atoms with Gasteiger partial charge in [-0.05, 0) is 42.8 Å². The number of halogens is 2. The number of rotatable bonds is 7. The molecule has 0 saturated heterocycles. The topological polar surface area (TPSA) is 109 Å². The molecule has 4 rings (SSSR count). The summed E-state index contributed by atoms with van der Waals surface area (Å²) in [6.07, 6.45) is 0.313. The normalized spacial score (nSPS) is 11.2. The Morgan fingerprint density at radius 2 is 2.00 bits per heavy atom. The van der Waals surface area contributed by atoms with Crippen LogP contribution in [0, 0.1) is 6.92 Å². The molecule has 31 heavy (non-hydrogen) atoms. The van der Waals surface area contributed by atoms with Gasteiger partial charge in [0, 0.05) is 5.56 Å². The number of carbonyl (C=O) groups excluding carboxylic acids is 1. The number of hydrogen-bond acceptors (Lipinski definition) is 8. The number of hydrogen-bond donors (Lipinski definition) is 1. The van der Waals surface area contributed by atoms with E-state index in [9.17, 15) is 13.6 Å². The summed E-state index contributed by atoms with van der Waals surface area (Å²) in [6.45, 7) is -0.883. The van der Waals surface area contributed by atoms with Gasteiger partial charge in [-0.25, -0.2) is 19.7 Å². The van der Waals surface area contributed by atoms with Gasteiger partial charge in [0.25, 0.3) is 0 Å². The van der Waals surface area contributed by atoms with Crippen LogP contribution in [0.5, 0.6) is 11.6 Å². The lowest BCUT2D eigenvalue weighted by molar-refractivity contribution is -0.0528. The summed E-state index contributed by atoms with van der Waals surface area (Å²) in [5.74, 6) is 0.351. The Kier molecular flexibility index (Phi) is 5.76. The first-order chi connectivity index (χ1) is 14.9. The van der Waals surface area contributed by atoms with Crippen LogP contribution in [0.1, 0.15) is 5.56 Å². The summed E-state index contributed by atoms with van der Waals surface area (Å²) in [5.41, 5.74) is 8.26. The molecule has 0 aliphatic rings. The maximum atomic E-state index is 12.5. The average molecular weight is 446 g/mol. The Morgan fingerprint density at radius 3 is 2.77 bits per heavy atom. The van der Waals surface area contributed by atoms with Crippen molar-refractivity contribution in [2.75, 3.05) is 13.2 Å². The number of fused-ring (bicyclic) bond motifs is 2. The summed E-state index contributed by atoms with van der Waals surface area (Å²) < 4.78 is 40.4. The van der Waals surface area contributed by atoms with E-state index in [1.165, 1.54) is 17.5 Å². The highest BCUT2D eigenvalue weighted by molar-refractivity contribution is 7.21. The second-order valence-electron chi connectivity index (χ2n) is 6.43. The summed E-state index contributed by atoms with van der Waals surface area (Å²) in [7, 11) is 0. The number of alkyl halides is 2. The highest BCUT2D eigenvalue weighted by Gasteiger charge is 2.15. The Labute approximate surface area is 178 Å². The van der Waals surface area contributed by atoms with Crippen molar-refractivity contribution in [1.29, 1.82) is 0 Å². The smallest absolute Gasteiger partial charge is 0.404 e. The van der Waals surface area contributed by atoms with Crippen molar-refractivity contribution in [3.05, 3.63) is 42.1 Å². The number of nitrogens with zero attached hydrogens (tertiary/aromatic N) is 3. The molecule has 160 valence electrons. The van der Waals surface area contributed by atoms with Gasteiger partial charge in [0.1, 0.15) is 24.0 Å². The molecule has 2 heterocycles. The fraction of sp³-hybridized carbons (Fsp3) is 0.200. The number of benzene rings is 2. The van der Waals surface area contributed by atoms with Gasteiger partial charge in [0.05, 0.1) is 27.4 Å². The van der Waals surface area contributed by atoms with Crippen molar-refractivity contribution in [2.24, 2.45) is 5.73 Å². The van der Waals surface area contributed by atoms with E-state index in [-0.39, 0.29) is 19.1 Å². The molecule has 0 aliphatic heterocycles. The van der Waals surface area contributed by atoms with Crippen LogP contribution in [0.25, 0.3) is 31.8 Å². The van der Waals surface area contributed by atoms with Crippen molar-refractivity contribution in [3.8, 4) is 22.2 Å². The molecule has 0 radical (unpaired) electrons. The Balaban J connectivity index is 1.65. The van der Waals surface area contributed by atoms with Crippen LogP contribution in [-0.2, 0) is 4.74 Å². The van der Waals surface area contributed by atoms with Crippen molar-refractivity contribution in [2.45, 2.75) is 13.5 Å². The number of primary amides is 1. The monoisotopic (exact) mass is 446 g/mol. The lowest BCUT2D eigenvalue weighted by Gasteiger charge is -2.07. The average Bonchev–Trinajstić information content (AvgIpc) is 3.13. The number of ether oxygens (including phenoxy) is 3. The van der Waals surface area contributed by atoms with Gasteiger partial charge in [0.15, 0.2) is 0 Å². The molecule has 0 unspecified atom stereocenters. The largest absolute Gasteiger partial charge is 0.490 e. The predicted octanol–water partition coefficient (Wildman–Crippen LogP) is 4.29. The Bertz CT molecular complexity index is 1260. The zero-order valence-corrected chi connectivity index (χ0v) is 17.0. The third kappa shape index (κ3) is 4.77. The van der Waals surface area contributed by atoms with Gasteiger partial charge in [-0.3, -0.25) is 0 Å².